The van der Waals surface area contributed by atoms with Crippen molar-refractivity contribution in [1.29, 1.82) is 5.41 Å². The highest BCUT2D eigenvalue weighted by atomic mass is 15.2. The van der Waals surface area contributed by atoms with Gasteiger partial charge >= 0.3 is 0 Å². The Balaban J connectivity index is 2.15. The van der Waals surface area contributed by atoms with Crippen LogP contribution < -0.4 is 5.73 Å². The van der Waals surface area contributed by atoms with Crippen LogP contribution in [0.5, 0.6) is 0 Å². The zero-order valence-electron chi connectivity index (χ0n) is 10.2. The molecule has 1 aromatic carbocycles. The lowest BCUT2D eigenvalue weighted by atomic mass is 9.98. The van der Waals surface area contributed by atoms with Gasteiger partial charge in [-0.2, -0.15) is 0 Å². The van der Waals surface area contributed by atoms with Crippen LogP contribution in [0.25, 0.3) is 0 Å². The molecule has 1 heterocycles. The van der Waals surface area contributed by atoms with Crippen LogP contribution in [0.4, 0.5) is 0 Å². The molecule has 3 N–H and O–H groups in total. The summed E-state index contributed by atoms with van der Waals surface area (Å²) in [7, 11) is 0. The quantitative estimate of drug-likeness (QED) is 0.618. The Bertz CT molecular complexity index is 355. The Labute approximate surface area is 103 Å². The fourth-order valence-corrected chi connectivity index (χ4v) is 2.57. The lowest BCUT2D eigenvalue weighted by Gasteiger charge is -2.34. The van der Waals surface area contributed by atoms with Gasteiger partial charge in [-0.05, 0) is 31.5 Å². The van der Waals surface area contributed by atoms with Crippen molar-refractivity contribution in [3.8, 4) is 0 Å². The highest BCUT2D eigenvalue weighted by Crippen LogP contribution is 2.27. The molecule has 1 atom stereocenters. The summed E-state index contributed by atoms with van der Waals surface area (Å²) in [6.07, 6.45) is 4.50. The van der Waals surface area contributed by atoms with E-state index in [9.17, 15) is 0 Å². The number of nitrogens with zero attached hydrogens (tertiary/aromatic N) is 1. The molecule has 2 rings (SSSR count). The van der Waals surface area contributed by atoms with E-state index >= 15 is 0 Å². The normalized spacial score (nSPS) is 18.8. The number of likely N-dealkylation sites (tertiary alicyclic amines) is 1. The van der Waals surface area contributed by atoms with E-state index in [0.29, 0.717) is 6.42 Å². The number of nitrogens with two attached hydrogens (primary N) is 1. The van der Waals surface area contributed by atoms with Crippen LogP contribution in [0.15, 0.2) is 30.3 Å². The number of piperidine rings is 1. The lowest BCUT2D eigenvalue weighted by molar-refractivity contribution is 0.167. The summed E-state index contributed by atoms with van der Waals surface area (Å²) in [6.45, 7) is 2.26. The molecule has 0 bridgehead atoms. The maximum absolute atomic E-state index is 7.54. The lowest BCUT2D eigenvalue weighted by Crippen LogP contribution is -2.35. The van der Waals surface area contributed by atoms with E-state index in [1.165, 1.54) is 24.8 Å². The molecule has 0 saturated carbocycles. The number of hydrogen-bond acceptors (Lipinski definition) is 2. The van der Waals surface area contributed by atoms with Crippen molar-refractivity contribution in [2.45, 2.75) is 31.7 Å². The van der Waals surface area contributed by atoms with Crippen LogP contribution in [0, 0.1) is 5.41 Å². The molecule has 17 heavy (non-hydrogen) atoms. The minimum atomic E-state index is 0.282. The summed E-state index contributed by atoms with van der Waals surface area (Å²) in [5, 5.41) is 7.54. The Morgan fingerprint density at radius 1 is 1.18 bits per heavy atom. The first-order chi connectivity index (χ1) is 8.27. The zero-order chi connectivity index (χ0) is 12.1. The Morgan fingerprint density at radius 3 is 2.41 bits per heavy atom. The van der Waals surface area contributed by atoms with Gasteiger partial charge in [0.25, 0.3) is 0 Å². The highest BCUT2D eigenvalue weighted by molar-refractivity contribution is 5.77. The molecule has 1 aliphatic rings. The summed E-state index contributed by atoms with van der Waals surface area (Å²) in [6, 6.07) is 10.7. The molecule has 1 aliphatic heterocycles. The molecule has 92 valence electrons. The summed E-state index contributed by atoms with van der Waals surface area (Å²) >= 11 is 0. The molecule has 0 radical (unpaired) electrons. The maximum Gasteiger partial charge on any atom is 0.0924 e. The van der Waals surface area contributed by atoms with Crippen LogP contribution in [-0.2, 0) is 0 Å². The molecule has 1 saturated heterocycles. The predicted octanol–water partition coefficient (Wildman–Crippen LogP) is 2.54. The van der Waals surface area contributed by atoms with Crippen molar-refractivity contribution < 1.29 is 0 Å². The van der Waals surface area contributed by atoms with Crippen LogP contribution in [-0.4, -0.2) is 23.8 Å². The van der Waals surface area contributed by atoms with E-state index in [1.807, 2.05) is 6.07 Å². The van der Waals surface area contributed by atoms with Crippen molar-refractivity contribution in [3.63, 3.8) is 0 Å². The molecule has 3 nitrogen and oxygen atoms in total. The van der Waals surface area contributed by atoms with Gasteiger partial charge in [-0.1, -0.05) is 36.8 Å². The Hall–Kier alpha value is -1.35. The standard InChI is InChI=1S/C14H21N3/c15-14(16)11-13(12-7-3-1-4-8-12)17-9-5-2-6-10-17/h1,3-4,7-8,13H,2,5-6,9-11H2,(H3,15,16). The zero-order valence-corrected chi connectivity index (χ0v) is 10.2. The third-order valence-electron chi connectivity index (χ3n) is 3.43. The van der Waals surface area contributed by atoms with Gasteiger partial charge in [0.05, 0.1) is 5.84 Å². The molecule has 0 aromatic heterocycles. The van der Waals surface area contributed by atoms with E-state index < -0.39 is 0 Å². The van der Waals surface area contributed by atoms with Crippen molar-refractivity contribution >= 4 is 5.84 Å². The van der Waals surface area contributed by atoms with E-state index in [2.05, 4.69) is 29.2 Å². The van der Waals surface area contributed by atoms with Gasteiger partial charge in [0, 0.05) is 12.5 Å². The largest absolute Gasteiger partial charge is 0.388 e. The second kappa shape index (κ2) is 5.82. The van der Waals surface area contributed by atoms with Crippen molar-refractivity contribution in [2.75, 3.05) is 13.1 Å². The van der Waals surface area contributed by atoms with Gasteiger partial charge in [-0.25, -0.2) is 0 Å². The average molecular weight is 231 g/mol. The highest BCUT2D eigenvalue weighted by Gasteiger charge is 2.22. The number of rotatable bonds is 4. The predicted molar refractivity (Wildman–Crippen MR) is 71.1 cm³/mol. The first-order valence-electron chi connectivity index (χ1n) is 6.39. The van der Waals surface area contributed by atoms with E-state index in [4.69, 9.17) is 11.1 Å². The third kappa shape index (κ3) is 3.30. The van der Waals surface area contributed by atoms with Crippen LogP contribution in [0.1, 0.15) is 37.3 Å². The van der Waals surface area contributed by atoms with Gasteiger partial charge < -0.3 is 5.73 Å². The molecule has 1 unspecified atom stereocenters. The van der Waals surface area contributed by atoms with E-state index in [1.54, 1.807) is 0 Å². The SMILES string of the molecule is N=C(N)CC(c1ccccc1)N1CCCCC1. The Morgan fingerprint density at radius 2 is 1.82 bits per heavy atom. The topological polar surface area (TPSA) is 53.1 Å². The summed E-state index contributed by atoms with van der Waals surface area (Å²) in [4.78, 5) is 2.47. The molecule has 1 aromatic rings. The molecular formula is C14H21N3. The Kier molecular flexibility index (Phi) is 4.15. The van der Waals surface area contributed by atoms with Gasteiger partial charge in [0.2, 0.25) is 0 Å². The summed E-state index contributed by atoms with van der Waals surface area (Å²) < 4.78 is 0. The third-order valence-corrected chi connectivity index (χ3v) is 3.43. The average Bonchev–Trinajstić information content (AvgIpc) is 2.38. The first-order valence-corrected chi connectivity index (χ1v) is 6.39. The minimum Gasteiger partial charge on any atom is -0.388 e. The van der Waals surface area contributed by atoms with Crippen molar-refractivity contribution in [1.82, 2.24) is 4.90 Å². The van der Waals surface area contributed by atoms with Crippen molar-refractivity contribution in [3.05, 3.63) is 35.9 Å². The molecule has 0 spiro atoms. The van der Waals surface area contributed by atoms with Crippen LogP contribution in [0.2, 0.25) is 0 Å². The van der Waals surface area contributed by atoms with Crippen LogP contribution in [0.3, 0.4) is 0 Å². The van der Waals surface area contributed by atoms with E-state index in [0.717, 1.165) is 13.1 Å². The van der Waals surface area contributed by atoms with E-state index in [-0.39, 0.29) is 11.9 Å². The fourth-order valence-electron chi connectivity index (χ4n) is 2.57. The summed E-state index contributed by atoms with van der Waals surface area (Å²) in [5.41, 5.74) is 6.88. The molecule has 0 aliphatic carbocycles. The minimum absolute atomic E-state index is 0.282. The number of amidine groups is 1. The molecule has 0 amide bonds. The fraction of sp³-hybridized carbons (Fsp3) is 0.500. The monoisotopic (exact) mass is 231 g/mol. The van der Waals surface area contributed by atoms with Gasteiger partial charge in [-0.3, -0.25) is 10.3 Å². The molecule has 3 heteroatoms. The molecule has 1 fully saturated rings. The number of benzene rings is 1. The smallest absolute Gasteiger partial charge is 0.0924 e. The maximum atomic E-state index is 7.54. The molecular weight excluding hydrogens is 210 g/mol. The second-order valence-electron chi connectivity index (χ2n) is 4.75. The van der Waals surface area contributed by atoms with Gasteiger partial charge in [0.15, 0.2) is 0 Å². The number of hydrogen-bond donors (Lipinski definition) is 2. The summed E-state index contributed by atoms with van der Waals surface area (Å²) in [5.74, 6) is 0.282. The first kappa shape index (κ1) is 12.1. The van der Waals surface area contributed by atoms with Crippen LogP contribution >= 0.6 is 0 Å². The van der Waals surface area contributed by atoms with Crippen molar-refractivity contribution in [2.24, 2.45) is 5.73 Å². The number of nitrogens with one attached hydrogen (secondary N) is 1. The van der Waals surface area contributed by atoms with Gasteiger partial charge in [-0.15, -0.1) is 0 Å². The van der Waals surface area contributed by atoms with Gasteiger partial charge in [0.1, 0.15) is 0 Å². The second-order valence-corrected chi connectivity index (χ2v) is 4.75.